The number of hydrogen-bond acceptors (Lipinski definition) is 5. The number of methoxy groups -OCH3 is 1. The van der Waals surface area contributed by atoms with Crippen molar-refractivity contribution in [1.82, 2.24) is 19.5 Å². The van der Waals surface area contributed by atoms with E-state index in [2.05, 4.69) is 31.2 Å². The fourth-order valence-electron chi connectivity index (χ4n) is 2.18. The summed E-state index contributed by atoms with van der Waals surface area (Å²) in [5.41, 5.74) is 2.25. The molecule has 6 nitrogen and oxygen atoms in total. The number of aromatic nitrogens is 4. The lowest BCUT2D eigenvalue weighted by Crippen LogP contribution is -2.00. The van der Waals surface area contributed by atoms with E-state index in [4.69, 9.17) is 0 Å². The molecule has 3 aromatic heterocycles. The van der Waals surface area contributed by atoms with Gasteiger partial charge in [0.2, 0.25) is 0 Å². The summed E-state index contributed by atoms with van der Waals surface area (Å²) in [5, 5.41) is 0.877. The number of carbonyl (C=O) groups is 1. The number of nitrogens with zero attached hydrogens (tertiary/aromatic N) is 3. The summed E-state index contributed by atoms with van der Waals surface area (Å²) in [4.78, 5) is 24.0. The first-order valence-corrected chi connectivity index (χ1v) is 7.79. The van der Waals surface area contributed by atoms with Crippen molar-refractivity contribution in [2.75, 3.05) is 7.11 Å². The van der Waals surface area contributed by atoms with Gasteiger partial charge in [-0.05, 0) is 24.6 Å². The maximum Gasteiger partial charge on any atom is 0.354 e. The van der Waals surface area contributed by atoms with Crippen LogP contribution in [0.4, 0.5) is 0 Å². The predicted octanol–water partition coefficient (Wildman–Crippen LogP) is 3.19. The Morgan fingerprint density at radius 2 is 2.36 bits per heavy atom. The van der Waals surface area contributed by atoms with Crippen molar-refractivity contribution in [3.8, 4) is 0 Å². The van der Waals surface area contributed by atoms with Gasteiger partial charge in [-0.15, -0.1) is 0 Å². The minimum Gasteiger partial charge on any atom is -0.464 e. The molecule has 3 rings (SSSR count). The van der Waals surface area contributed by atoms with Gasteiger partial charge in [0, 0.05) is 6.54 Å². The second kappa shape index (κ2) is 6.15. The molecule has 0 fully saturated rings. The van der Waals surface area contributed by atoms with Crippen molar-refractivity contribution in [2.45, 2.75) is 19.9 Å². The SMILES string of the molecule is CCCn1cncc1/C=C/c1nc2cc(C(=O)OC)[nH]c2s1. The van der Waals surface area contributed by atoms with E-state index in [1.165, 1.54) is 18.4 Å². The van der Waals surface area contributed by atoms with E-state index in [0.29, 0.717) is 5.69 Å². The summed E-state index contributed by atoms with van der Waals surface area (Å²) in [5.74, 6) is -0.384. The maximum atomic E-state index is 11.4. The Morgan fingerprint density at radius 3 is 3.09 bits per heavy atom. The topological polar surface area (TPSA) is 72.8 Å². The number of hydrogen-bond donors (Lipinski definition) is 1. The average Bonchev–Trinajstić information content (AvgIpc) is 3.18. The van der Waals surface area contributed by atoms with E-state index in [0.717, 1.165) is 34.0 Å². The average molecular weight is 316 g/mol. The van der Waals surface area contributed by atoms with Gasteiger partial charge in [0.1, 0.15) is 21.0 Å². The molecule has 3 aromatic rings. The van der Waals surface area contributed by atoms with Crippen molar-refractivity contribution in [1.29, 1.82) is 0 Å². The Hall–Kier alpha value is -2.41. The molecule has 0 aliphatic heterocycles. The van der Waals surface area contributed by atoms with E-state index < -0.39 is 0 Å². The van der Waals surface area contributed by atoms with E-state index in [9.17, 15) is 4.79 Å². The number of imidazole rings is 1. The molecule has 0 radical (unpaired) electrons. The molecule has 0 unspecified atom stereocenters. The summed E-state index contributed by atoms with van der Waals surface area (Å²) in [6.45, 7) is 3.08. The second-order valence-electron chi connectivity index (χ2n) is 4.79. The van der Waals surface area contributed by atoms with Gasteiger partial charge in [-0.2, -0.15) is 0 Å². The first-order valence-electron chi connectivity index (χ1n) is 6.97. The molecular weight excluding hydrogens is 300 g/mol. The Morgan fingerprint density at radius 1 is 1.50 bits per heavy atom. The smallest absolute Gasteiger partial charge is 0.354 e. The minimum atomic E-state index is -0.384. The van der Waals surface area contributed by atoms with Crippen LogP contribution in [0.25, 0.3) is 22.5 Å². The summed E-state index contributed by atoms with van der Waals surface area (Å²) >= 11 is 1.50. The monoisotopic (exact) mass is 316 g/mol. The van der Waals surface area contributed by atoms with Crippen molar-refractivity contribution in [2.24, 2.45) is 0 Å². The molecule has 0 saturated carbocycles. The molecule has 7 heteroatoms. The zero-order valence-electron chi connectivity index (χ0n) is 12.4. The second-order valence-corrected chi connectivity index (χ2v) is 5.82. The lowest BCUT2D eigenvalue weighted by molar-refractivity contribution is 0.0595. The zero-order chi connectivity index (χ0) is 15.5. The van der Waals surface area contributed by atoms with Crippen molar-refractivity contribution >= 4 is 39.8 Å². The van der Waals surface area contributed by atoms with Gasteiger partial charge < -0.3 is 14.3 Å². The molecule has 1 N–H and O–H groups in total. The van der Waals surface area contributed by atoms with E-state index in [-0.39, 0.29) is 5.97 Å². The van der Waals surface area contributed by atoms with Crippen LogP contribution in [0, 0.1) is 0 Å². The third kappa shape index (κ3) is 2.80. The van der Waals surface area contributed by atoms with Crippen LogP contribution in [0.15, 0.2) is 18.6 Å². The van der Waals surface area contributed by atoms with Gasteiger partial charge in [-0.25, -0.2) is 14.8 Å². The van der Waals surface area contributed by atoms with Gasteiger partial charge in [-0.3, -0.25) is 0 Å². The zero-order valence-corrected chi connectivity index (χ0v) is 13.2. The van der Waals surface area contributed by atoms with Crippen LogP contribution in [0.1, 0.15) is 34.5 Å². The fourth-order valence-corrected chi connectivity index (χ4v) is 3.04. The number of H-pyrrole nitrogens is 1. The molecule has 22 heavy (non-hydrogen) atoms. The molecule has 0 aliphatic carbocycles. The van der Waals surface area contributed by atoms with E-state index in [1.807, 2.05) is 24.7 Å². The standard InChI is InChI=1S/C15H16N4O2S/c1-3-6-19-9-16-8-10(19)4-5-13-17-11-7-12(15(20)21-2)18-14(11)22-13/h4-5,7-9,18H,3,6H2,1-2H3/b5-4+. The summed E-state index contributed by atoms with van der Waals surface area (Å²) < 4.78 is 6.78. The molecule has 0 aliphatic rings. The Balaban J connectivity index is 1.82. The number of ether oxygens (including phenoxy) is 1. The minimum absolute atomic E-state index is 0.384. The molecule has 0 bridgehead atoms. The van der Waals surface area contributed by atoms with Crippen LogP contribution in [-0.2, 0) is 11.3 Å². The third-order valence-corrected chi connectivity index (χ3v) is 4.16. The number of fused-ring (bicyclic) bond motifs is 1. The van der Waals surface area contributed by atoms with Crippen LogP contribution < -0.4 is 0 Å². The fraction of sp³-hybridized carbons (Fsp3) is 0.267. The highest BCUT2D eigenvalue weighted by atomic mass is 32.1. The van der Waals surface area contributed by atoms with E-state index >= 15 is 0 Å². The van der Waals surface area contributed by atoms with Gasteiger partial charge in [0.05, 0.1) is 25.3 Å². The first-order chi connectivity index (χ1) is 10.7. The van der Waals surface area contributed by atoms with Crippen molar-refractivity contribution in [3.63, 3.8) is 0 Å². The predicted molar refractivity (Wildman–Crippen MR) is 86.8 cm³/mol. The Labute approximate surface area is 131 Å². The van der Waals surface area contributed by atoms with Gasteiger partial charge in [-0.1, -0.05) is 18.3 Å². The highest BCUT2D eigenvalue weighted by Crippen LogP contribution is 2.24. The third-order valence-electron chi connectivity index (χ3n) is 3.21. The molecule has 3 heterocycles. The van der Waals surface area contributed by atoms with Gasteiger partial charge >= 0.3 is 5.97 Å². The number of aryl methyl sites for hydroxylation is 1. The lowest BCUT2D eigenvalue weighted by atomic mass is 10.3. The Kier molecular flexibility index (Phi) is 4.06. The number of carbonyl (C=O) groups excluding carboxylic acids is 1. The number of rotatable bonds is 5. The quantitative estimate of drug-likeness (QED) is 0.734. The Bertz CT molecular complexity index is 796. The largest absolute Gasteiger partial charge is 0.464 e. The summed E-state index contributed by atoms with van der Waals surface area (Å²) in [7, 11) is 1.36. The van der Waals surface area contributed by atoms with Crippen LogP contribution in [0.3, 0.4) is 0 Å². The molecule has 0 aromatic carbocycles. The highest BCUT2D eigenvalue weighted by Gasteiger charge is 2.12. The molecule has 0 amide bonds. The summed E-state index contributed by atoms with van der Waals surface area (Å²) in [6.07, 6.45) is 8.69. The van der Waals surface area contributed by atoms with E-state index in [1.54, 1.807) is 6.07 Å². The molecule has 0 spiro atoms. The molecule has 114 valence electrons. The summed E-state index contributed by atoms with van der Waals surface area (Å²) in [6, 6.07) is 1.70. The molecule has 0 atom stereocenters. The highest BCUT2D eigenvalue weighted by molar-refractivity contribution is 7.19. The lowest BCUT2D eigenvalue weighted by Gasteiger charge is -2.01. The normalized spacial score (nSPS) is 11.5. The molecule has 0 saturated heterocycles. The van der Waals surface area contributed by atoms with Crippen LogP contribution >= 0.6 is 11.3 Å². The maximum absolute atomic E-state index is 11.4. The number of aromatic amines is 1. The van der Waals surface area contributed by atoms with Crippen LogP contribution in [0.5, 0.6) is 0 Å². The number of thiazole rings is 1. The van der Waals surface area contributed by atoms with Gasteiger partial charge in [0.25, 0.3) is 0 Å². The van der Waals surface area contributed by atoms with Crippen LogP contribution in [0.2, 0.25) is 0 Å². The number of nitrogens with one attached hydrogen (secondary N) is 1. The van der Waals surface area contributed by atoms with Crippen molar-refractivity contribution in [3.05, 3.63) is 35.0 Å². The molecular formula is C15H16N4O2S. The van der Waals surface area contributed by atoms with Crippen molar-refractivity contribution < 1.29 is 9.53 Å². The van der Waals surface area contributed by atoms with Crippen LogP contribution in [-0.4, -0.2) is 32.6 Å². The van der Waals surface area contributed by atoms with Gasteiger partial charge in [0.15, 0.2) is 0 Å². The first kappa shape index (κ1) is 14.5. The number of esters is 1.